The summed E-state index contributed by atoms with van der Waals surface area (Å²) in [4.78, 5) is 35.4. The van der Waals surface area contributed by atoms with Crippen molar-refractivity contribution in [3.63, 3.8) is 0 Å². The molecule has 1 aliphatic heterocycles. The smallest absolute Gasteiger partial charge is 0.306 e. The normalized spacial score (nSPS) is 28.5. The molecule has 0 aromatic heterocycles. The third-order valence-corrected chi connectivity index (χ3v) is 4.38. The Morgan fingerprint density at radius 1 is 1.33 bits per heavy atom. The van der Waals surface area contributed by atoms with E-state index in [9.17, 15) is 14.4 Å². The molecule has 2 rings (SSSR count). The Labute approximate surface area is 118 Å². The van der Waals surface area contributed by atoms with E-state index in [1.54, 1.807) is 0 Å². The largest absolute Gasteiger partial charge is 0.481 e. The number of carbonyl (C=O) groups is 3. The zero-order chi connectivity index (χ0) is 13.3. The van der Waals surface area contributed by atoms with Crippen LogP contribution < -0.4 is 0 Å². The maximum Gasteiger partial charge on any atom is 0.306 e. The van der Waals surface area contributed by atoms with Crippen LogP contribution in [-0.2, 0) is 14.4 Å². The number of rotatable bonds is 3. The SMILES string of the molecule is O=C(O)C1CCC(CN2C(=O)C=C(I)C2=O)CC1. The van der Waals surface area contributed by atoms with Crippen molar-refractivity contribution in [2.75, 3.05) is 6.54 Å². The summed E-state index contributed by atoms with van der Waals surface area (Å²) < 4.78 is 0.455. The molecule has 1 heterocycles. The number of nitrogens with zero attached hydrogens (tertiary/aromatic N) is 1. The van der Waals surface area contributed by atoms with Crippen molar-refractivity contribution >= 4 is 40.4 Å². The molecule has 5 nitrogen and oxygen atoms in total. The molecule has 1 aliphatic carbocycles. The summed E-state index contributed by atoms with van der Waals surface area (Å²) in [7, 11) is 0. The van der Waals surface area contributed by atoms with Crippen LogP contribution in [0.15, 0.2) is 9.66 Å². The molecule has 1 fully saturated rings. The molecule has 1 N–H and O–H groups in total. The molecule has 6 heteroatoms. The van der Waals surface area contributed by atoms with Crippen molar-refractivity contribution in [1.82, 2.24) is 4.90 Å². The van der Waals surface area contributed by atoms with Crippen LogP contribution in [-0.4, -0.2) is 34.3 Å². The summed E-state index contributed by atoms with van der Waals surface area (Å²) >= 11 is 1.87. The third kappa shape index (κ3) is 2.73. The fourth-order valence-electron chi connectivity index (χ4n) is 2.50. The number of carboxylic acid groups (broad SMARTS) is 1. The summed E-state index contributed by atoms with van der Waals surface area (Å²) in [5, 5.41) is 8.90. The fourth-order valence-corrected chi connectivity index (χ4v) is 3.06. The third-order valence-electron chi connectivity index (χ3n) is 3.60. The zero-order valence-corrected chi connectivity index (χ0v) is 11.9. The van der Waals surface area contributed by atoms with E-state index < -0.39 is 5.97 Å². The minimum Gasteiger partial charge on any atom is -0.481 e. The van der Waals surface area contributed by atoms with Gasteiger partial charge in [-0.1, -0.05) is 0 Å². The molecule has 0 aromatic carbocycles. The number of hydrogen-bond donors (Lipinski definition) is 1. The van der Waals surface area contributed by atoms with Crippen LogP contribution in [0.25, 0.3) is 0 Å². The van der Waals surface area contributed by atoms with Crippen LogP contribution in [0.4, 0.5) is 0 Å². The van der Waals surface area contributed by atoms with Gasteiger partial charge < -0.3 is 5.11 Å². The van der Waals surface area contributed by atoms with Gasteiger partial charge in [-0.3, -0.25) is 19.3 Å². The highest BCUT2D eigenvalue weighted by Crippen LogP contribution is 2.31. The van der Waals surface area contributed by atoms with E-state index in [4.69, 9.17) is 5.11 Å². The molecule has 0 spiro atoms. The van der Waals surface area contributed by atoms with Crippen LogP contribution in [0.2, 0.25) is 0 Å². The van der Waals surface area contributed by atoms with Crippen molar-refractivity contribution in [2.45, 2.75) is 25.7 Å². The Kier molecular flexibility index (Phi) is 4.04. The Hall–Kier alpha value is -0.920. The molecule has 0 saturated heterocycles. The second-order valence-electron chi connectivity index (χ2n) is 4.80. The van der Waals surface area contributed by atoms with Gasteiger partial charge in [0.2, 0.25) is 0 Å². The maximum absolute atomic E-state index is 11.7. The molecule has 0 bridgehead atoms. The van der Waals surface area contributed by atoms with Gasteiger partial charge in [0.15, 0.2) is 0 Å². The molecule has 2 aliphatic rings. The van der Waals surface area contributed by atoms with E-state index in [0.29, 0.717) is 23.0 Å². The van der Waals surface area contributed by atoms with Gasteiger partial charge in [-0.05, 0) is 54.2 Å². The number of hydrogen-bond acceptors (Lipinski definition) is 3. The van der Waals surface area contributed by atoms with Crippen molar-refractivity contribution in [3.8, 4) is 0 Å². The molecule has 18 heavy (non-hydrogen) atoms. The molecule has 0 atom stereocenters. The summed E-state index contributed by atoms with van der Waals surface area (Å²) in [6, 6.07) is 0. The van der Waals surface area contributed by atoms with Gasteiger partial charge in [-0.15, -0.1) is 0 Å². The van der Waals surface area contributed by atoms with E-state index in [-0.39, 0.29) is 23.7 Å². The molecule has 2 amide bonds. The van der Waals surface area contributed by atoms with Crippen LogP contribution >= 0.6 is 22.6 Å². The number of carbonyl (C=O) groups excluding carboxylic acids is 2. The van der Waals surface area contributed by atoms with Crippen molar-refractivity contribution in [3.05, 3.63) is 9.66 Å². The maximum atomic E-state index is 11.7. The lowest BCUT2D eigenvalue weighted by Crippen LogP contribution is -2.37. The second-order valence-corrected chi connectivity index (χ2v) is 5.96. The van der Waals surface area contributed by atoms with E-state index in [1.165, 1.54) is 11.0 Å². The molecular formula is C12H14INO4. The quantitative estimate of drug-likeness (QED) is 0.610. The van der Waals surface area contributed by atoms with Crippen LogP contribution in [0.5, 0.6) is 0 Å². The summed E-state index contributed by atoms with van der Waals surface area (Å²) in [6.07, 6.45) is 4.17. The van der Waals surface area contributed by atoms with Gasteiger partial charge in [0.1, 0.15) is 0 Å². The van der Waals surface area contributed by atoms with Crippen molar-refractivity contribution < 1.29 is 19.5 Å². The summed E-state index contributed by atoms with van der Waals surface area (Å²) in [5.41, 5.74) is 0. The predicted molar refractivity (Wildman–Crippen MR) is 71.9 cm³/mol. The minimum atomic E-state index is -0.738. The topological polar surface area (TPSA) is 74.7 Å². The lowest BCUT2D eigenvalue weighted by Gasteiger charge is -2.28. The van der Waals surface area contributed by atoms with E-state index in [1.807, 2.05) is 22.6 Å². The first-order valence-electron chi connectivity index (χ1n) is 5.95. The highest BCUT2D eigenvalue weighted by atomic mass is 127. The first-order chi connectivity index (χ1) is 8.49. The van der Waals surface area contributed by atoms with Crippen molar-refractivity contribution in [1.29, 1.82) is 0 Å². The van der Waals surface area contributed by atoms with Gasteiger partial charge in [0, 0.05) is 12.6 Å². The molecule has 0 aromatic rings. The Balaban J connectivity index is 1.88. The van der Waals surface area contributed by atoms with E-state index in [2.05, 4.69) is 0 Å². The highest BCUT2D eigenvalue weighted by Gasteiger charge is 2.33. The average molecular weight is 363 g/mol. The molecule has 98 valence electrons. The summed E-state index contributed by atoms with van der Waals surface area (Å²) in [5.74, 6) is -1.22. The zero-order valence-electron chi connectivity index (χ0n) is 9.76. The van der Waals surface area contributed by atoms with Gasteiger partial charge in [-0.25, -0.2) is 0 Å². The molecular weight excluding hydrogens is 349 g/mol. The molecule has 0 radical (unpaired) electrons. The molecule has 0 unspecified atom stereocenters. The predicted octanol–water partition coefficient (Wildman–Crippen LogP) is 1.57. The van der Waals surface area contributed by atoms with Crippen molar-refractivity contribution in [2.24, 2.45) is 11.8 Å². The monoisotopic (exact) mass is 363 g/mol. The Morgan fingerprint density at radius 3 is 2.39 bits per heavy atom. The van der Waals surface area contributed by atoms with Gasteiger partial charge in [0.05, 0.1) is 9.50 Å². The standard InChI is InChI=1S/C12H14INO4/c13-9-5-10(15)14(11(9)16)6-7-1-3-8(4-2-7)12(17)18/h5,7-8H,1-4,6H2,(H,17,18). The number of aliphatic carboxylic acids is 1. The lowest BCUT2D eigenvalue weighted by molar-refractivity contribution is -0.144. The molecule has 1 saturated carbocycles. The van der Waals surface area contributed by atoms with E-state index >= 15 is 0 Å². The Bertz CT molecular complexity index is 424. The first kappa shape index (κ1) is 13.5. The minimum absolute atomic E-state index is 0.221. The van der Waals surface area contributed by atoms with Crippen LogP contribution in [0, 0.1) is 11.8 Å². The van der Waals surface area contributed by atoms with Crippen LogP contribution in [0.1, 0.15) is 25.7 Å². The summed E-state index contributed by atoms with van der Waals surface area (Å²) in [6.45, 7) is 0.424. The second kappa shape index (κ2) is 5.38. The van der Waals surface area contributed by atoms with Gasteiger partial charge in [-0.2, -0.15) is 0 Å². The average Bonchev–Trinajstić information content (AvgIpc) is 2.57. The fraction of sp³-hybridized carbons (Fsp3) is 0.583. The first-order valence-corrected chi connectivity index (χ1v) is 7.02. The van der Waals surface area contributed by atoms with Gasteiger partial charge in [0.25, 0.3) is 11.8 Å². The van der Waals surface area contributed by atoms with Crippen LogP contribution in [0.3, 0.4) is 0 Å². The van der Waals surface area contributed by atoms with Gasteiger partial charge >= 0.3 is 5.97 Å². The number of halogens is 1. The number of carboxylic acids is 1. The Morgan fingerprint density at radius 2 is 1.94 bits per heavy atom. The van der Waals surface area contributed by atoms with E-state index in [0.717, 1.165) is 12.8 Å². The lowest BCUT2D eigenvalue weighted by atomic mass is 9.82. The number of imide groups is 1. The number of amides is 2. The highest BCUT2D eigenvalue weighted by molar-refractivity contribution is 14.1.